The highest BCUT2D eigenvalue weighted by Gasteiger charge is 2.30. The van der Waals surface area contributed by atoms with E-state index in [-0.39, 0.29) is 11.5 Å². The predicted octanol–water partition coefficient (Wildman–Crippen LogP) is 4.84. The molecule has 0 spiro atoms. The third-order valence-corrected chi connectivity index (χ3v) is 7.16. The van der Waals surface area contributed by atoms with Crippen molar-refractivity contribution < 1.29 is 12.6 Å². The van der Waals surface area contributed by atoms with Crippen molar-refractivity contribution in [1.29, 1.82) is 0 Å². The molecule has 0 bridgehead atoms. The number of aryl methyl sites for hydroxylation is 2. The third kappa shape index (κ3) is 4.16. The first-order chi connectivity index (χ1) is 16.3. The van der Waals surface area contributed by atoms with Crippen LogP contribution in [0.4, 0.5) is 0 Å². The summed E-state index contributed by atoms with van der Waals surface area (Å²) in [5.41, 5.74) is 4.37. The van der Waals surface area contributed by atoms with Gasteiger partial charge in [0.25, 0.3) is 10.1 Å². The molecule has 0 aliphatic carbocycles. The molecule has 1 aliphatic heterocycles. The van der Waals surface area contributed by atoms with Crippen molar-refractivity contribution in [2.24, 2.45) is 4.99 Å². The molecule has 3 aromatic carbocycles. The lowest BCUT2D eigenvalue weighted by Gasteiger charge is -2.13. The van der Waals surface area contributed by atoms with Gasteiger partial charge in [0, 0.05) is 16.1 Å². The minimum atomic E-state index is -3.97. The molecule has 0 saturated carbocycles. The molecular formula is C25H21ClN4O3S. The van der Waals surface area contributed by atoms with Crippen LogP contribution in [0.15, 0.2) is 82.7 Å². The van der Waals surface area contributed by atoms with E-state index in [1.165, 1.54) is 12.1 Å². The highest BCUT2D eigenvalue weighted by Crippen LogP contribution is 2.32. The number of benzene rings is 3. The summed E-state index contributed by atoms with van der Waals surface area (Å²) in [6, 6.07) is 20.8. The maximum Gasteiger partial charge on any atom is 0.297 e. The average Bonchev–Trinajstić information content (AvgIpc) is 3.15. The molecule has 0 radical (unpaired) electrons. The molecule has 2 heterocycles. The van der Waals surface area contributed by atoms with Crippen LogP contribution >= 0.6 is 11.6 Å². The van der Waals surface area contributed by atoms with Gasteiger partial charge in [0.2, 0.25) is 0 Å². The van der Waals surface area contributed by atoms with E-state index >= 15 is 0 Å². The van der Waals surface area contributed by atoms with E-state index in [0.29, 0.717) is 22.4 Å². The van der Waals surface area contributed by atoms with Gasteiger partial charge in [-0.2, -0.15) is 8.42 Å². The van der Waals surface area contributed by atoms with Crippen LogP contribution in [0.5, 0.6) is 0 Å². The fourth-order valence-corrected chi connectivity index (χ4v) is 5.03. The molecule has 1 aromatic heterocycles. The summed E-state index contributed by atoms with van der Waals surface area (Å²) in [6.07, 6.45) is 0. The summed E-state index contributed by atoms with van der Waals surface area (Å²) in [6.45, 7) is 3.64. The molecule has 0 fully saturated rings. The van der Waals surface area contributed by atoms with Crippen LogP contribution < -0.4 is 0 Å². The average molecular weight is 493 g/mol. The van der Waals surface area contributed by atoms with E-state index in [9.17, 15) is 8.42 Å². The van der Waals surface area contributed by atoms with Crippen LogP contribution in [0.3, 0.4) is 0 Å². The van der Waals surface area contributed by atoms with E-state index in [4.69, 9.17) is 20.8 Å². The van der Waals surface area contributed by atoms with Crippen molar-refractivity contribution in [3.05, 3.63) is 106 Å². The fourth-order valence-electron chi connectivity index (χ4n) is 3.97. The van der Waals surface area contributed by atoms with Crippen molar-refractivity contribution in [3.63, 3.8) is 0 Å². The van der Waals surface area contributed by atoms with Crippen molar-refractivity contribution in [1.82, 2.24) is 14.8 Å². The van der Waals surface area contributed by atoms with Gasteiger partial charge < -0.3 is 0 Å². The number of hydrogen-bond donors (Lipinski definition) is 0. The van der Waals surface area contributed by atoms with Crippen LogP contribution in [0, 0.1) is 13.8 Å². The maximum absolute atomic E-state index is 12.8. The van der Waals surface area contributed by atoms with Gasteiger partial charge in [-0.25, -0.2) is 0 Å². The topological polar surface area (TPSA) is 86.4 Å². The third-order valence-electron chi connectivity index (χ3n) is 5.61. The lowest BCUT2D eigenvalue weighted by atomic mass is 9.98. The first kappa shape index (κ1) is 22.5. The fraction of sp³-hybridized carbons (Fsp3) is 0.160. The Hall–Kier alpha value is -3.33. The zero-order valence-electron chi connectivity index (χ0n) is 18.5. The summed E-state index contributed by atoms with van der Waals surface area (Å²) < 4.78 is 33.0. The smallest absolute Gasteiger partial charge is 0.281 e. The van der Waals surface area contributed by atoms with Gasteiger partial charge in [-0.15, -0.1) is 10.2 Å². The van der Waals surface area contributed by atoms with Gasteiger partial charge in [-0.1, -0.05) is 53.6 Å². The standard InChI is InChI=1S/C25H21ClN4O3S/c1-16-8-13-23-21(14-16)24(18-9-11-19(26)12-10-18)27-22(25-29-28-17(2)30(23)25)15-33-34(31,32)20-6-4-3-5-7-20/h3-14,22H,15H2,1-2H3/t22-/m0/s1. The Morgan fingerprint density at radius 2 is 1.71 bits per heavy atom. The van der Waals surface area contributed by atoms with E-state index in [0.717, 1.165) is 22.4 Å². The number of halogens is 1. The lowest BCUT2D eigenvalue weighted by molar-refractivity contribution is 0.289. The Morgan fingerprint density at radius 1 is 0.971 bits per heavy atom. The highest BCUT2D eigenvalue weighted by atomic mass is 35.5. The molecule has 172 valence electrons. The molecule has 34 heavy (non-hydrogen) atoms. The Balaban J connectivity index is 1.64. The number of fused-ring (bicyclic) bond motifs is 3. The number of hydrogen-bond acceptors (Lipinski definition) is 6. The number of aromatic nitrogens is 3. The normalized spacial score (nSPS) is 15.3. The van der Waals surface area contributed by atoms with Crippen LogP contribution in [0.2, 0.25) is 5.02 Å². The number of aliphatic imine (C=N–C) groups is 1. The lowest BCUT2D eigenvalue weighted by Crippen LogP contribution is -2.16. The zero-order chi connectivity index (χ0) is 23.9. The first-order valence-corrected chi connectivity index (χ1v) is 12.4. The van der Waals surface area contributed by atoms with E-state index in [1.807, 2.05) is 42.7 Å². The summed E-state index contributed by atoms with van der Waals surface area (Å²) in [5.74, 6) is 1.18. The highest BCUT2D eigenvalue weighted by molar-refractivity contribution is 7.86. The molecule has 0 saturated heterocycles. The summed E-state index contributed by atoms with van der Waals surface area (Å²) in [5, 5.41) is 9.20. The molecule has 1 atom stereocenters. The van der Waals surface area contributed by atoms with E-state index in [1.54, 1.807) is 30.3 Å². The van der Waals surface area contributed by atoms with Crippen LogP contribution in [-0.4, -0.2) is 35.5 Å². The Kier molecular flexibility index (Phi) is 5.81. The van der Waals surface area contributed by atoms with Crippen molar-refractivity contribution >= 4 is 27.4 Å². The van der Waals surface area contributed by atoms with Gasteiger partial charge >= 0.3 is 0 Å². The molecule has 0 amide bonds. The van der Waals surface area contributed by atoms with Crippen molar-refractivity contribution in [3.8, 4) is 5.69 Å². The molecule has 7 nitrogen and oxygen atoms in total. The second-order valence-corrected chi connectivity index (χ2v) is 10.1. The molecule has 4 aromatic rings. The second kappa shape index (κ2) is 8.79. The van der Waals surface area contributed by atoms with E-state index in [2.05, 4.69) is 16.3 Å². The maximum atomic E-state index is 12.8. The van der Waals surface area contributed by atoms with Crippen LogP contribution in [0.1, 0.15) is 34.4 Å². The zero-order valence-corrected chi connectivity index (χ0v) is 20.1. The molecule has 0 unspecified atom stereocenters. The van der Waals surface area contributed by atoms with Gasteiger partial charge in [0.05, 0.1) is 22.9 Å². The van der Waals surface area contributed by atoms with Gasteiger partial charge in [-0.05, 0) is 50.2 Å². The minimum Gasteiger partial charge on any atom is -0.281 e. The second-order valence-electron chi connectivity index (χ2n) is 8.01. The van der Waals surface area contributed by atoms with Crippen molar-refractivity contribution in [2.45, 2.75) is 24.8 Å². The van der Waals surface area contributed by atoms with Crippen LogP contribution in [-0.2, 0) is 14.3 Å². The molecule has 0 N–H and O–H groups in total. The predicted molar refractivity (Wildman–Crippen MR) is 130 cm³/mol. The van der Waals surface area contributed by atoms with Crippen LogP contribution in [0.25, 0.3) is 5.69 Å². The number of rotatable bonds is 5. The first-order valence-electron chi connectivity index (χ1n) is 10.6. The Bertz CT molecular complexity index is 1500. The Labute approximate surface area is 202 Å². The number of nitrogens with zero attached hydrogens (tertiary/aromatic N) is 4. The summed E-state index contributed by atoms with van der Waals surface area (Å²) in [7, 11) is -3.97. The summed E-state index contributed by atoms with van der Waals surface area (Å²) in [4.78, 5) is 5.06. The van der Waals surface area contributed by atoms with Gasteiger partial charge in [0.15, 0.2) is 5.82 Å². The van der Waals surface area contributed by atoms with Gasteiger partial charge in [0.1, 0.15) is 11.9 Å². The van der Waals surface area contributed by atoms with E-state index < -0.39 is 16.2 Å². The largest absolute Gasteiger partial charge is 0.297 e. The molecule has 9 heteroatoms. The summed E-state index contributed by atoms with van der Waals surface area (Å²) >= 11 is 6.12. The minimum absolute atomic E-state index is 0.0853. The molecule has 1 aliphatic rings. The monoisotopic (exact) mass is 492 g/mol. The quantitative estimate of drug-likeness (QED) is 0.372. The SMILES string of the molecule is Cc1ccc2c(c1)C(c1ccc(Cl)cc1)=N[C@@H](COS(=O)(=O)c1ccccc1)c1nnc(C)n1-2. The van der Waals surface area contributed by atoms with Gasteiger partial charge in [-0.3, -0.25) is 13.7 Å². The molecular weight excluding hydrogens is 472 g/mol. The molecule has 5 rings (SSSR count). The van der Waals surface area contributed by atoms with Crippen molar-refractivity contribution in [2.75, 3.05) is 6.61 Å². The Morgan fingerprint density at radius 3 is 2.44 bits per heavy atom.